The Hall–Kier alpha value is -1.62. The van der Waals surface area contributed by atoms with Gasteiger partial charge < -0.3 is 5.11 Å². The predicted octanol–water partition coefficient (Wildman–Crippen LogP) is 3.47. The molecule has 5 heteroatoms. The first-order chi connectivity index (χ1) is 9.11. The average Bonchev–Trinajstić information content (AvgIpc) is 2.43. The first kappa shape index (κ1) is 13.8. The highest BCUT2D eigenvalue weighted by Crippen LogP contribution is 2.27. The first-order valence-electron chi connectivity index (χ1n) is 6.24. The van der Waals surface area contributed by atoms with Crippen LogP contribution in [0.15, 0.2) is 29.3 Å². The molecule has 0 amide bonds. The number of hydrogen-bond acceptors (Lipinski definition) is 4. The molecule has 0 bridgehead atoms. The molecule has 0 aliphatic heterocycles. The summed E-state index contributed by atoms with van der Waals surface area (Å²) in [6.07, 6.45) is 1.10. The van der Waals surface area contributed by atoms with Gasteiger partial charge in [-0.1, -0.05) is 38.5 Å². The van der Waals surface area contributed by atoms with E-state index >= 15 is 0 Å². The Balaban J connectivity index is 2.41. The van der Waals surface area contributed by atoms with Crippen LogP contribution in [0.2, 0.25) is 0 Å². The lowest BCUT2D eigenvalue weighted by atomic mass is 10.2. The van der Waals surface area contributed by atoms with Gasteiger partial charge in [0.25, 0.3) is 0 Å². The van der Waals surface area contributed by atoms with E-state index in [1.807, 2.05) is 24.3 Å². The van der Waals surface area contributed by atoms with Gasteiger partial charge in [-0.05, 0) is 12.0 Å². The van der Waals surface area contributed by atoms with Crippen molar-refractivity contribution < 1.29 is 9.90 Å². The Morgan fingerprint density at radius 3 is 2.79 bits per heavy atom. The summed E-state index contributed by atoms with van der Waals surface area (Å²) in [6.45, 7) is 4.32. The van der Waals surface area contributed by atoms with E-state index in [0.717, 1.165) is 22.6 Å². The SMILES string of the molecule is CCC(C)CSc1nc(C(=O)O)nc2ccccc12. The number of thioether (sulfide) groups is 1. The minimum Gasteiger partial charge on any atom is -0.475 e. The number of aromatic nitrogens is 2. The van der Waals surface area contributed by atoms with Crippen LogP contribution in [0, 0.1) is 5.92 Å². The average molecular weight is 276 g/mol. The summed E-state index contributed by atoms with van der Waals surface area (Å²) in [7, 11) is 0. The number of nitrogens with zero attached hydrogens (tertiary/aromatic N) is 2. The predicted molar refractivity (Wildman–Crippen MR) is 76.7 cm³/mol. The minimum absolute atomic E-state index is 0.134. The summed E-state index contributed by atoms with van der Waals surface area (Å²) < 4.78 is 0. The lowest BCUT2D eigenvalue weighted by molar-refractivity contribution is 0.0683. The molecule has 0 fully saturated rings. The van der Waals surface area contributed by atoms with E-state index < -0.39 is 5.97 Å². The Morgan fingerprint density at radius 1 is 1.37 bits per heavy atom. The fourth-order valence-electron chi connectivity index (χ4n) is 1.59. The minimum atomic E-state index is -1.09. The Morgan fingerprint density at radius 2 is 2.11 bits per heavy atom. The van der Waals surface area contributed by atoms with E-state index in [1.54, 1.807) is 11.8 Å². The Labute approximate surface area is 116 Å². The van der Waals surface area contributed by atoms with E-state index in [-0.39, 0.29) is 5.82 Å². The van der Waals surface area contributed by atoms with Crippen LogP contribution in [0.1, 0.15) is 30.9 Å². The zero-order chi connectivity index (χ0) is 13.8. The second-order valence-corrected chi connectivity index (χ2v) is 5.51. The number of para-hydroxylation sites is 1. The molecule has 1 unspecified atom stereocenters. The molecule has 1 N–H and O–H groups in total. The number of carboxylic acids is 1. The standard InChI is InChI=1S/C14H16N2O2S/c1-3-9(2)8-19-13-10-6-4-5-7-11(10)15-12(16-13)14(17)18/h4-7,9H,3,8H2,1-2H3,(H,17,18). The van der Waals surface area contributed by atoms with Crippen LogP contribution in [0.25, 0.3) is 10.9 Å². The molecule has 1 aromatic heterocycles. The molecule has 1 atom stereocenters. The van der Waals surface area contributed by atoms with Crippen LogP contribution in [0.4, 0.5) is 0 Å². The highest BCUT2D eigenvalue weighted by atomic mass is 32.2. The van der Waals surface area contributed by atoms with Gasteiger partial charge in [-0.3, -0.25) is 0 Å². The van der Waals surface area contributed by atoms with Crippen molar-refractivity contribution in [2.75, 3.05) is 5.75 Å². The van der Waals surface area contributed by atoms with Crippen molar-refractivity contribution in [1.29, 1.82) is 0 Å². The second kappa shape index (κ2) is 6.02. The summed E-state index contributed by atoms with van der Waals surface area (Å²) >= 11 is 1.60. The molecule has 0 spiro atoms. The maximum absolute atomic E-state index is 11.1. The Bertz CT molecular complexity index is 601. The van der Waals surface area contributed by atoms with E-state index in [0.29, 0.717) is 11.4 Å². The van der Waals surface area contributed by atoms with E-state index in [1.165, 1.54) is 0 Å². The number of fused-ring (bicyclic) bond motifs is 1. The third-order valence-corrected chi connectivity index (χ3v) is 4.28. The third-order valence-electron chi connectivity index (χ3n) is 2.96. The van der Waals surface area contributed by atoms with Crippen LogP contribution < -0.4 is 0 Å². The summed E-state index contributed by atoms with van der Waals surface area (Å²) in [6, 6.07) is 7.51. The van der Waals surface area contributed by atoms with Gasteiger partial charge in [0.15, 0.2) is 0 Å². The highest BCUT2D eigenvalue weighted by Gasteiger charge is 2.13. The summed E-state index contributed by atoms with van der Waals surface area (Å²) in [4.78, 5) is 19.3. The fraction of sp³-hybridized carbons (Fsp3) is 0.357. The number of benzene rings is 1. The van der Waals surface area contributed by atoms with Gasteiger partial charge in [0.05, 0.1) is 5.52 Å². The highest BCUT2D eigenvalue weighted by molar-refractivity contribution is 7.99. The van der Waals surface area contributed by atoms with Crippen LogP contribution in [0.5, 0.6) is 0 Å². The summed E-state index contributed by atoms with van der Waals surface area (Å²) in [5.41, 5.74) is 0.682. The monoisotopic (exact) mass is 276 g/mol. The molecule has 100 valence electrons. The van der Waals surface area contributed by atoms with Gasteiger partial charge in [0.1, 0.15) is 5.03 Å². The van der Waals surface area contributed by atoms with Crippen molar-refractivity contribution in [2.24, 2.45) is 5.92 Å². The molecular weight excluding hydrogens is 260 g/mol. The zero-order valence-electron chi connectivity index (χ0n) is 11.0. The lowest BCUT2D eigenvalue weighted by Crippen LogP contribution is -2.06. The van der Waals surface area contributed by atoms with Crippen molar-refractivity contribution in [3.05, 3.63) is 30.1 Å². The van der Waals surface area contributed by atoms with Gasteiger partial charge in [-0.15, -0.1) is 11.8 Å². The number of carboxylic acid groups (broad SMARTS) is 1. The van der Waals surface area contributed by atoms with Gasteiger partial charge in [0.2, 0.25) is 5.82 Å². The van der Waals surface area contributed by atoms with E-state index in [4.69, 9.17) is 5.11 Å². The molecular formula is C14H16N2O2S. The first-order valence-corrected chi connectivity index (χ1v) is 7.23. The molecule has 4 nitrogen and oxygen atoms in total. The molecule has 0 aliphatic rings. The van der Waals surface area contributed by atoms with Crippen molar-refractivity contribution in [3.63, 3.8) is 0 Å². The largest absolute Gasteiger partial charge is 0.475 e. The maximum atomic E-state index is 11.1. The zero-order valence-corrected chi connectivity index (χ0v) is 11.8. The molecule has 2 rings (SSSR count). The molecule has 0 radical (unpaired) electrons. The summed E-state index contributed by atoms with van der Waals surface area (Å²) in [5.74, 6) is 0.282. The van der Waals surface area contributed by atoms with Crippen molar-refractivity contribution in [3.8, 4) is 0 Å². The van der Waals surface area contributed by atoms with Crippen LogP contribution >= 0.6 is 11.8 Å². The Kier molecular flexibility index (Phi) is 4.37. The second-order valence-electron chi connectivity index (χ2n) is 4.50. The quantitative estimate of drug-likeness (QED) is 0.669. The molecule has 1 aromatic carbocycles. The van der Waals surface area contributed by atoms with Gasteiger partial charge in [-0.2, -0.15) is 0 Å². The molecule has 2 aromatic rings. The summed E-state index contributed by atoms with van der Waals surface area (Å²) in [5, 5.41) is 10.7. The lowest BCUT2D eigenvalue weighted by Gasteiger charge is -2.09. The van der Waals surface area contributed by atoms with Crippen molar-refractivity contribution in [2.45, 2.75) is 25.3 Å². The number of aromatic carboxylic acids is 1. The maximum Gasteiger partial charge on any atom is 0.373 e. The van der Waals surface area contributed by atoms with Crippen LogP contribution in [-0.2, 0) is 0 Å². The van der Waals surface area contributed by atoms with Crippen LogP contribution in [-0.4, -0.2) is 26.8 Å². The molecule has 0 saturated carbocycles. The van der Waals surface area contributed by atoms with E-state index in [2.05, 4.69) is 23.8 Å². The number of hydrogen-bond donors (Lipinski definition) is 1. The smallest absolute Gasteiger partial charge is 0.373 e. The molecule has 19 heavy (non-hydrogen) atoms. The van der Waals surface area contributed by atoms with E-state index in [9.17, 15) is 4.79 Å². The fourth-order valence-corrected chi connectivity index (χ4v) is 2.75. The number of carbonyl (C=O) groups is 1. The van der Waals surface area contributed by atoms with Gasteiger partial charge in [0, 0.05) is 11.1 Å². The molecule has 0 aliphatic carbocycles. The van der Waals surface area contributed by atoms with Crippen molar-refractivity contribution in [1.82, 2.24) is 9.97 Å². The third kappa shape index (κ3) is 3.23. The molecule has 1 heterocycles. The topological polar surface area (TPSA) is 63.1 Å². The normalized spacial score (nSPS) is 12.5. The van der Waals surface area contributed by atoms with Crippen molar-refractivity contribution >= 4 is 28.6 Å². The van der Waals surface area contributed by atoms with Crippen LogP contribution in [0.3, 0.4) is 0 Å². The number of rotatable bonds is 5. The van der Waals surface area contributed by atoms with Gasteiger partial charge >= 0.3 is 5.97 Å². The van der Waals surface area contributed by atoms with Gasteiger partial charge in [-0.25, -0.2) is 14.8 Å². The molecule has 0 saturated heterocycles.